The number of urea groups is 1. The Morgan fingerprint density at radius 2 is 1.92 bits per heavy atom. The maximum Gasteiger partial charge on any atom is 0.327 e. The summed E-state index contributed by atoms with van der Waals surface area (Å²) in [5.41, 5.74) is 0. The molecule has 4 amide bonds. The fraction of sp³-hybridized carbons (Fsp3) is 0.588. The van der Waals surface area contributed by atoms with Crippen molar-refractivity contribution in [1.29, 1.82) is 0 Å². The Morgan fingerprint density at radius 1 is 1.16 bits per heavy atom. The second-order valence-electron chi connectivity index (χ2n) is 6.86. The zero-order valence-corrected chi connectivity index (χ0v) is 14.9. The summed E-state index contributed by atoms with van der Waals surface area (Å²) in [6.07, 6.45) is 1.93. The standard InChI is InChI=1S/C17H22N4O3S/c22-15(11-21-16(23)12-20(17(21)24)13-3-4-13)19-7-5-18(6-8-19)10-14-2-1-9-25-14/h1-2,9,13H,3-8,10-12H2. The van der Waals surface area contributed by atoms with Gasteiger partial charge in [0, 0.05) is 43.6 Å². The van der Waals surface area contributed by atoms with Crippen LogP contribution in [0, 0.1) is 0 Å². The number of piperazine rings is 1. The summed E-state index contributed by atoms with van der Waals surface area (Å²) in [5, 5.41) is 2.07. The molecule has 1 aromatic rings. The van der Waals surface area contributed by atoms with Crippen LogP contribution in [0.5, 0.6) is 0 Å². The van der Waals surface area contributed by atoms with E-state index in [-0.39, 0.29) is 37.0 Å². The van der Waals surface area contributed by atoms with E-state index < -0.39 is 0 Å². The Labute approximate surface area is 150 Å². The summed E-state index contributed by atoms with van der Waals surface area (Å²) in [7, 11) is 0. The van der Waals surface area contributed by atoms with Crippen molar-refractivity contribution in [3.05, 3.63) is 22.4 Å². The van der Waals surface area contributed by atoms with E-state index in [1.165, 1.54) is 4.88 Å². The molecular weight excluding hydrogens is 340 g/mol. The average Bonchev–Trinajstić information content (AvgIpc) is 3.26. The molecule has 4 rings (SSSR count). The minimum atomic E-state index is -0.294. The van der Waals surface area contributed by atoms with Gasteiger partial charge in [-0.05, 0) is 24.3 Å². The maximum atomic E-state index is 12.5. The van der Waals surface area contributed by atoms with Crippen LogP contribution >= 0.6 is 11.3 Å². The average molecular weight is 362 g/mol. The summed E-state index contributed by atoms with van der Waals surface area (Å²) in [4.78, 5) is 45.0. The smallest absolute Gasteiger partial charge is 0.327 e. The van der Waals surface area contributed by atoms with Gasteiger partial charge in [-0.15, -0.1) is 11.3 Å². The van der Waals surface area contributed by atoms with Crippen LogP contribution in [0.1, 0.15) is 17.7 Å². The zero-order chi connectivity index (χ0) is 17.4. The summed E-state index contributed by atoms with van der Waals surface area (Å²) in [5.74, 6) is -0.378. The van der Waals surface area contributed by atoms with E-state index in [9.17, 15) is 14.4 Å². The van der Waals surface area contributed by atoms with Gasteiger partial charge in [0.2, 0.25) is 5.91 Å². The van der Waals surface area contributed by atoms with Gasteiger partial charge in [0.25, 0.3) is 5.91 Å². The first-order valence-electron chi connectivity index (χ1n) is 8.75. The first-order chi connectivity index (χ1) is 12.1. The number of hydrogen-bond donors (Lipinski definition) is 0. The summed E-state index contributed by atoms with van der Waals surface area (Å²) in [6.45, 7) is 3.86. The predicted octanol–water partition coefficient (Wildman–Crippen LogP) is 0.819. The molecular formula is C17H22N4O3S. The molecule has 0 N–H and O–H groups in total. The van der Waals surface area contributed by atoms with E-state index in [4.69, 9.17) is 0 Å². The highest BCUT2D eigenvalue weighted by Crippen LogP contribution is 2.30. The molecule has 1 aliphatic carbocycles. The van der Waals surface area contributed by atoms with Crippen LogP contribution in [0.3, 0.4) is 0 Å². The molecule has 3 fully saturated rings. The van der Waals surface area contributed by atoms with Gasteiger partial charge in [-0.1, -0.05) is 6.07 Å². The Morgan fingerprint density at radius 3 is 2.56 bits per heavy atom. The number of imide groups is 1. The fourth-order valence-electron chi connectivity index (χ4n) is 3.40. The van der Waals surface area contributed by atoms with Gasteiger partial charge < -0.3 is 9.80 Å². The van der Waals surface area contributed by atoms with Gasteiger partial charge in [0.15, 0.2) is 0 Å². The number of carbonyl (C=O) groups is 3. The van der Waals surface area contributed by atoms with E-state index in [0.717, 1.165) is 37.4 Å². The third-order valence-electron chi connectivity index (χ3n) is 5.05. The Hall–Kier alpha value is -1.93. The van der Waals surface area contributed by atoms with Gasteiger partial charge in [-0.25, -0.2) is 4.79 Å². The van der Waals surface area contributed by atoms with Gasteiger partial charge in [-0.2, -0.15) is 0 Å². The van der Waals surface area contributed by atoms with E-state index in [0.29, 0.717) is 13.1 Å². The summed E-state index contributed by atoms with van der Waals surface area (Å²) < 4.78 is 0. The molecule has 25 heavy (non-hydrogen) atoms. The molecule has 1 saturated carbocycles. The molecule has 0 radical (unpaired) electrons. The molecule has 2 aliphatic heterocycles. The number of carbonyl (C=O) groups excluding carboxylic acids is 3. The van der Waals surface area contributed by atoms with Crippen LogP contribution in [0.25, 0.3) is 0 Å². The van der Waals surface area contributed by atoms with Crippen molar-refractivity contribution in [1.82, 2.24) is 19.6 Å². The maximum absolute atomic E-state index is 12.5. The molecule has 0 spiro atoms. The Kier molecular flexibility index (Phi) is 4.47. The van der Waals surface area contributed by atoms with Gasteiger partial charge >= 0.3 is 6.03 Å². The quantitative estimate of drug-likeness (QED) is 0.728. The Bertz CT molecular complexity index is 665. The lowest BCUT2D eigenvalue weighted by Crippen LogP contribution is -2.51. The molecule has 0 atom stereocenters. The van der Waals surface area contributed by atoms with Crippen molar-refractivity contribution in [3.8, 4) is 0 Å². The van der Waals surface area contributed by atoms with Gasteiger partial charge in [0.1, 0.15) is 13.1 Å². The molecule has 3 heterocycles. The Balaban J connectivity index is 1.27. The fourth-order valence-corrected chi connectivity index (χ4v) is 4.15. The van der Waals surface area contributed by atoms with Gasteiger partial charge in [-0.3, -0.25) is 19.4 Å². The van der Waals surface area contributed by atoms with Crippen molar-refractivity contribution in [3.63, 3.8) is 0 Å². The van der Waals surface area contributed by atoms with E-state index in [1.54, 1.807) is 21.1 Å². The molecule has 8 heteroatoms. The lowest BCUT2D eigenvalue weighted by molar-refractivity contribution is -0.137. The van der Waals surface area contributed by atoms with Crippen LogP contribution in [0.4, 0.5) is 4.79 Å². The van der Waals surface area contributed by atoms with Crippen LogP contribution in [0.2, 0.25) is 0 Å². The van der Waals surface area contributed by atoms with E-state index in [1.807, 2.05) is 0 Å². The molecule has 1 aromatic heterocycles. The predicted molar refractivity (Wildman–Crippen MR) is 93.0 cm³/mol. The second kappa shape index (κ2) is 6.76. The minimum absolute atomic E-state index is 0.119. The number of nitrogens with zero attached hydrogens (tertiary/aromatic N) is 4. The highest BCUT2D eigenvalue weighted by molar-refractivity contribution is 7.09. The molecule has 0 bridgehead atoms. The van der Waals surface area contributed by atoms with Crippen LogP contribution < -0.4 is 0 Å². The lowest BCUT2D eigenvalue weighted by atomic mass is 10.3. The molecule has 0 aromatic carbocycles. The van der Waals surface area contributed by atoms with Crippen molar-refractivity contribution in [2.45, 2.75) is 25.4 Å². The van der Waals surface area contributed by atoms with Crippen LogP contribution in [0.15, 0.2) is 17.5 Å². The number of thiophene rings is 1. The van der Waals surface area contributed by atoms with Gasteiger partial charge in [0.05, 0.1) is 0 Å². The number of hydrogen-bond acceptors (Lipinski definition) is 5. The third kappa shape index (κ3) is 3.55. The van der Waals surface area contributed by atoms with Crippen molar-refractivity contribution in [2.24, 2.45) is 0 Å². The largest absolute Gasteiger partial charge is 0.339 e. The summed E-state index contributed by atoms with van der Waals surface area (Å²) >= 11 is 1.74. The van der Waals surface area contributed by atoms with Crippen molar-refractivity contribution >= 4 is 29.2 Å². The van der Waals surface area contributed by atoms with Crippen molar-refractivity contribution in [2.75, 3.05) is 39.3 Å². The van der Waals surface area contributed by atoms with Crippen LogP contribution in [-0.4, -0.2) is 82.8 Å². The normalized spacial score (nSPS) is 22.2. The number of rotatable bonds is 5. The van der Waals surface area contributed by atoms with E-state index in [2.05, 4.69) is 22.4 Å². The molecule has 2 saturated heterocycles. The molecule has 134 valence electrons. The van der Waals surface area contributed by atoms with Crippen LogP contribution in [-0.2, 0) is 16.1 Å². The lowest BCUT2D eigenvalue weighted by Gasteiger charge is -2.35. The topological polar surface area (TPSA) is 64.2 Å². The first kappa shape index (κ1) is 16.5. The SMILES string of the molecule is O=C(CN1C(=O)CN(C2CC2)C1=O)N1CCN(Cc2cccs2)CC1. The number of amides is 4. The first-order valence-corrected chi connectivity index (χ1v) is 9.63. The highest BCUT2D eigenvalue weighted by Gasteiger charge is 2.44. The molecule has 3 aliphatic rings. The van der Waals surface area contributed by atoms with E-state index >= 15 is 0 Å². The second-order valence-corrected chi connectivity index (χ2v) is 7.89. The highest BCUT2D eigenvalue weighted by atomic mass is 32.1. The third-order valence-corrected chi connectivity index (χ3v) is 5.91. The molecule has 7 nitrogen and oxygen atoms in total. The monoisotopic (exact) mass is 362 g/mol. The molecule has 0 unspecified atom stereocenters. The zero-order valence-electron chi connectivity index (χ0n) is 14.1. The van der Waals surface area contributed by atoms with Crippen molar-refractivity contribution < 1.29 is 14.4 Å². The summed E-state index contributed by atoms with van der Waals surface area (Å²) in [6, 6.07) is 4.09. The minimum Gasteiger partial charge on any atom is -0.339 e.